The lowest BCUT2D eigenvalue weighted by Crippen LogP contribution is -2.38. The number of ether oxygens (including phenoxy) is 1. The van der Waals surface area contributed by atoms with E-state index in [1.54, 1.807) is 30.4 Å². The first kappa shape index (κ1) is 18.9. The molecule has 1 unspecified atom stereocenters. The Kier molecular flexibility index (Phi) is 4.83. The first-order chi connectivity index (χ1) is 14.6. The highest BCUT2D eigenvalue weighted by Crippen LogP contribution is 2.41. The summed E-state index contributed by atoms with van der Waals surface area (Å²) < 4.78 is 11.0. The van der Waals surface area contributed by atoms with Crippen molar-refractivity contribution < 1.29 is 18.7 Å². The Morgan fingerprint density at radius 3 is 2.73 bits per heavy atom. The van der Waals surface area contributed by atoms with Gasteiger partial charge in [0.25, 0.3) is 5.91 Å². The third-order valence-electron chi connectivity index (χ3n) is 5.54. The molecule has 1 aliphatic carbocycles. The molecule has 3 heterocycles. The second-order valence-corrected chi connectivity index (χ2v) is 8.57. The molecule has 2 aromatic heterocycles. The van der Waals surface area contributed by atoms with Crippen LogP contribution in [0.5, 0.6) is 0 Å². The van der Waals surface area contributed by atoms with Crippen molar-refractivity contribution in [1.82, 2.24) is 5.32 Å². The number of furan rings is 1. The average molecular weight is 423 g/mol. The minimum absolute atomic E-state index is 0.0371. The number of carbonyl (C=O) groups is 2. The molecule has 1 aliphatic heterocycles. The normalized spacial score (nSPS) is 17.5. The van der Waals surface area contributed by atoms with E-state index in [0.29, 0.717) is 23.7 Å². The summed E-state index contributed by atoms with van der Waals surface area (Å²) in [5.74, 6) is 0.940. The van der Waals surface area contributed by atoms with E-state index in [4.69, 9.17) is 9.15 Å². The number of nitrogens with one attached hydrogen (secondary N) is 2. The Morgan fingerprint density at radius 2 is 1.93 bits per heavy atom. The number of hydrogen-bond donors (Lipinski definition) is 2. The number of amides is 1. The fourth-order valence-electron chi connectivity index (χ4n) is 4.07. The van der Waals surface area contributed by atoms with Crippen molar-refractivity contribution in [2.45, 2.75) is 38.8 Å². The molecule has 2 aliphatic rings. The fraction of sp³-hybridized carbons (Fsp3) is 0.304. The standard InChI is InChI=1S/C23H22N2O4S/c1-2-28-23(27)14-9-7-13(8-10-14)16-11-12-17(29-16)20-24-21(26)19-15-5-3-4-6-18(15)30-22(19)25-20/h7-12,20,25H,2-6H2,1H3,(H,24,26). The molecule has 0 saturated heterocycles. The van der Waals surface area contributed by atoms with Gasteiger partial charge in [-0.2, -0.15) is 0 Å². The van der Waals surface area contributed by atoms with Crippen molar-refractivity contribution in [2.75, 3.05) is 11.9 Å². The molecule has 6 nitrogen and oxygen atoms in total. The van der Waals surface area contributed by atoms with Crippen LogP contribution in [0.1, 0.15) is 62.8 Å². The topological polar surface area (TPSA) is 80.6 Å². The van der Waals surface area contributed by atoms with Crippen LogP contribution in [0, 0.1) is 0 Å². The summed E-state index contributed by atoms with van der Waals surface area (Å²) >= 11 is 1.69. The molecule has 0 spiro atoms. The van der Waals surface area contributed by atoms with E-state index in [-0.39, 0.29) is 11.9 Å². The van der Waals surface area contributed by atoms with Crippen LogP contribution in [0.4, 0.5) is 5.00 Å². The molecule has 30 heavy (non-hydrogen) atoms. The van der Waals surface area contributed by atoms with Gasteiger partial charge in [-0.25, -0.2) is 4.79 Å². The van der Waals surface area contributed by atoms with Crippen LogP contribution >= 0.6 is 11.3 Å². The Hall–Kier alpha value is -3.06. The molecule has 5 rings (SSSR count). The van der Waals surface area contributed by atoms with Gasteiger partial charge in [-0.05, 0) is 62.4 Å². The summed E-state index contributed by atoms with van der Waals surface area (Å²) in [4.78, 5) is 25.9. The van der Waals surface area contributed by atoms with E-state index in [2.05, 4.69) is 10.6 Å². The molecule has 0 bridgehead atoms. The lowest BCUT2D eigenvalue weighted by Gasteiger charge is -2.25. The Morgan fingerprint density at radius 1 is 1.13 bits per heavy atom. The molecular weight excluding hydrogens is 400 g/mol. The van der Waals surface area contributed by atoms with Crippen molar-refractivity contribution in [3.8, 4) is 11.3 Å². The second kappa shape index (κ2) is 7.65. The Balaban J connectivity index is 1.36. The first-order valence-electron chi connectivity index (χ1n) is 10.2. The predicted molar refractivity (Wildman–Crippen MR) is 115 cm³/mol. The zero-order chi connectivity index (χ0) is 20.7. The van der Waals surface area contributed by atoms with E-state index in [0.717, 1.165) is 35.4 Å². The SMILES string of the molecule is CCOC(=O)c1ccc(-c2ccc(C3NC(=O)c4c(sc5c4CCCC5)N3)o2)cc1. The lowest BCUT2D eigenvalue weighted by molar-refractivity contribution is 0.0526. The van der Waals surface area contributed by atoms with Gasteiger partial charge in [0, 0.05) is 10.4 Å². The molecule has 1 amide bonds. The summed E-state index contributed by atoms with van der Waals surface area (Å²) in [6, 6.07) is 10.8. The number of anilines is 1. The van der Waals surface area contributed by atoms with E-state index in [9.17, 15) is 9.59 Å². The summed E-state index contributed by atoms with van der Waals surface area (Å²) in [6.45, 7) is 2.13. The van der Waals surface area contributed by atoms with Crippen LogP contribution in [0.2, 0.25) is 0 Å². The average Bonchev–Trinajstić information content (AvgIpc) is 3.39. The van der Waals surface area contributed by atoms with Crippen LogP contribution in [0.15, 0.2) is 40.8 Å². The van der Waals surface area contributed by atoms with Gasteiger partial charge >= 0.3 is 5.97 Å². The predicted octanol–water partition coefficient (Wildman–Crippen LogP) is 4.92. The maximum Gasteiger partial charge on any atom is 0.338 e. The van der Waals surface area contributed by atoms with Crippen molar-refractivity contribution >= 4 is 28.2 Å². The molecule has 1 atom stereocenters. The Labute approximate surface area is 178 Å². The second-order valence-electron chi connectivity index (χ2n) is 7.47. The zero-order valence-electron chi connectivity index (χ0n) is 16.6. The molecule has 154 valence electrons. The summed E-state index contributed by atoms with van der Waals surface area (Å²) in [7, 11) is 0. The van der Waals surface area contributed by atoms with Crippen molar-refractivity contribution in [3.63, 3.8) is 0 Å². The molecule has 1 aromatic carbocycles. The first-order valence-corrected chi connectivity index (χ1v) is 11.0. The quantitative estimate of drug-likeness (QED) is 0.584. The molecular formula is C23H22N2O4S. The number of rotatable bonds is 4. The van der Waals surface area contributed by atoms with Gasteiger partial charge in [-0.1, -0.05) is 12.1 Å². The van der Waals surface area contributed by atoms with Crippen LogP contribution in [-0.4, -0.2) is 18.5 Å². The van der Waals surface area contributed by atoms with E-state index >= 15 is 0 Å². The molecule has 2 N–H and O–H groups in total. The van der Waals surface area contributed by atoms with Crippen molar-refractivity contribution in [3.05, 3.63) is 63.7 Å². The highest BCUT2D eigenvalue weighted by atomic mass is 32.1. The number of carbonyl (C=O) groups excluding carboxylic acids is 2. The van der Waals surface area contributed by atoms with Gasteiger partial charge in [0.2, 0.25) is 0 Å². The zero-order valence-corrected chi connectivity index (χ0v) is 17.4. The maximum atomic E-state index is 12.8. The highest BCUT2D eigenvalue weighted by Gasteiger charge is 2.33. The van der Waals surface area contributed by atoms with Crippen LogP contribution in [0.25, 0.3) is 11.3 Å². The third kappa shape index (κ3) is 3.29. The minimum atomic E-state index is -0.405. The Bertz CT molecular complexity index is 1110. The van der Waals surface area contributed by atoms with Gasteiger partial charge in [0.1, 0.15) is 16.5 Å². The summed E-state index contributed by atoms with van der Waals surface area (Å²) in [6.07, 6.45) is 3.96. The summed E-state index contributed by atoms with van der Waals surface area (Å²) in [5, 5.41) is 7.40. The van der Waals surface area contributed by atoms with E-state index in [1.807, 2.05) is 24.3 Å². The molecule has 7 heteroatoms. The molecule has 0 fully saturated rings. The van der Waals surface area contributed by atoms with Crippen LogP contribution < -0.4 is 10.6 Å². The van der Waals surface area contributed by atoms with Gasteiger partial charge in [-0.3, -0.25) is 4.79 Å². The highest BCUT2D eigenvalue weighted by molar-refractivity contribution is 7.16. The number of thiophene rings is 1. The van der Waals surface area contributed by atoms with Gasteiger partial charge in [-0.15, -0.1) is 11.3 Å². The van der Waals surface area contributed by atoms with Crippen molar-refractivity contribution in [2.24, 2.45) is 0 Å². The van der Waals surface area contributed by atoms with Gasteiger partial charge in [0.05, 0.1) is 17.7 Å². The van der Waals surface area contributed by atoms with Crippen LogP contribution in [-0.2, 0) is 17.6 Å². The number of aryl methyl sites for hydroxylation is 1. The number of hydrogen-bond acceptors (Lipinski definition) is 6. The maximum absolute atomic E-state index is 12.8. The lowest BCUT2D eigenvalue weighted by atomic mass is 9.94. The van der Waals surface area contributed by atoms with Crippen molar-refractivity contribution in [1.29, 1.82) is 0 Å². The number of fused-ring (bicyclic) bond motifs is 3. The molecule has 0 saturated carbocycles. The van der Waals surface area contributed by atoms with E-state index in [1.165, 1.54) is 16.9 Å². The largest absolute Gasteiger partial charge is 0.462 e. The van der Waals surface area contributed by atoms with Gasteiger partial charge in [0.15, 0.2) is 6.17 Å². The smallest absolute Gasteiger partial charge is 0.338 e. The molecule has 0 radical (unpaired) electrons. The number of esters is 1. The molecule has 3 aromatic rings. The van der Waals surface area contributed by atoms with Gasteiger partial charge < -0.3 is 19.8 Å². The monoisotopic (exact) mass is 422 g/mol. The van der Waals surface area contributed by atoms with E-state index < -0.39 is 6.17 Å². The number of benzene rings is 1. The summed E-state index contributed by atoms with van der Waals surface area (Å²) in [5.41, 5.74) is 3.38. The minimum Gasteiger partial charge on any atom is -0.462 e. The van der Waals surface area contributed by atoms with Crippen LogP contribution in [0.3, 0.4) is 0 Å². The third-order valence-corrected chi connectivity index (χ3v) is 6.76. The fourth-order valence-corrected chi connectivity index (χ4v) is 5.38.